The van der Waals surface area contributed by atoms with E-state index < -0.39 is 0 Å². The molecule has 0 amide bonds. The first-order valence-corrected chi connectivity index (χ1v) is 5.89. The van der Waals surface area contributed by atoms with Gasteiger partial charge in [0.25, 0.3) is 0 Å². The molecule has 90 valence electrons. The number of pyridine rings is 1. The van der Waals surface area contributed by atoms with E-state index >= 15 is 0 Å². The van der Waals surface area contributed by atoms with Gasteiger partial charge in [-0.2, -0.15) is 5.26 Å². The second-order valence-electron chi connectivity index (χ2n) is 3.99. The summed E-state index contributed by atoms with van der Waals surface area (Å²) in [7, 11) is 1.94. The van der Waals surface area contributed by atoms with E-state index in [1.54, 1.807) is 12.1 Å². The smallest absolute Gasteiger partial charge is 0.131 e. The molecule has 0 aliphatic carbocycles. The molecule has 0 saturated carbocycles. The number of halogens is 1. The highest BCUT2D eigenvalue weighted by atomic mass is 35.5. The van der Waals surface area contributed by atoms with Crippen LogP contribution in [0.2, 0.25) is 5.15 Å². The van der Waals surface area contributed by atoms with E-state index in [1.807, 2.05) is 42.3 Å². The number of hydrogen-bond donors (Lipinski definition) is 0. The van der Waals surface area contributed by atoms with Gasteiger partial charge in [0.15, 0.2) is 0 Å². The standard InChI is InChI=1S/C14H12ClN3/c1-18(14-7-3-6-13(15)17-14)10-12-5-2-4-11(8-12)9-16/h2-8H,10H2,1H3. The highest BCUT2D eigenvalue weighted by molar-refractivity contribution is 6.29. The van der Waals surface area contributed by atoms with Crippen LogP contribution in [0.4, 0.5) is 5.82 Å². The van der Waals surface area contributed by atoms with E-state index in [0.717, 1.165) is 11.4 Å². The van der Waals surface area contributed by atoms with Gasteiger partial charge in [-0.25, -0.2) is 4.98 Å². The highest BCUT2D eigenvalue weighted by Gasteiger charge is 2.04. The number of benzene rings is 1. The van der Waals surface area contributed by atoms with Crippen LogP contribution in [0, 0.1) is 11.3 Å². The molecule has 1 heterocycles. The first-order chi connectivity index (χ1) is 8.69. The quantitative estimate of drug-likeness (QED) is 0.793. The van der Waals surface area contributed by atoms with Crippen LogP contribution in [0.3, 0.4) is 0 Å². The topological polar surface area (TPSA) is 39.9 Å². The maximum Gasteiger partial charge on any atom is 0.131 e. The average molecular weight is 258 g/mol. The lowest BCUT2D eigenvalue weighted by Crippen LogP contribution is -2.17. The normalized spacial score (nSPS) is 9.83. The van der Waals surface area contributed by atoms with Crippen molar-refractivity contribution in [2.24, 2.45) is 0 Å². The van der Waals surface area contributed by atoms with Gasteiger partial charge in [0, 0.05) is 13.6 Å². The van der Waals surface area contributed by atoms with Crippen LogP contribution < -0.4 is 4.90 Å². The lowest BCUT2D eigenvalue weighted by Gasteiger charge is -2.18. The van der Waals surface area contributed by atoms with Crippen molar-refractivity contribution in [3.8, 4) is 6.07 Å². The molecule has 4 heteroatoms. The van der Waals surface area contributed by atoms with Crippen LogP contribution in [0.15, 0.2) is 42.5 Å². The molecule has 2 rings (SSSR count). The van der Waals surface area contributed by atoms with Crippen LogP contribution in [0.5, 0.6) is 0 Å². The molecule has 1 aromatic heterocycles. The molecule has 1 aromatic carbocycles. The fraction of sp³-hybridized carbons (Fsp3) is 0.143. The summed E-state index contributed by atoms with van der Waals surface area (Å²) in [5, 5.41) is 9.33. The monoisotopic (exact) mass is 257 g/mol. The van der Waals surface area contributed by atoms with E-state index in [0.29, 0.717) is 17.3 Å². The van der Waals surface area contributed by atoms with Crippen molar-refractivity contribution in [2.45, 2.75) is 6.54 Å². The molecule has 0 aliphatic rings. The van der Waals surface area contributed by atoms with E-state index in [9.17, 15) is 0 Å². The average Bonchev–Trinajstić information content (AvgIpc) is 2.39. The number of rotatable bonds is 3. The number of nitrogens with zero attached hydrogens (tertiary/aromatic N) is 3. The van der Waals surface area contributed by atoms with Crippen LogP contribution >= 0.6 is 11.6 Å². The van der Waals surface area contributed by atoms with Gasteiger partial charge in [-0.15, -0.1) is 0 Å². The Bertz CT molecular complexity index is 590. The van der Waals surface area contributed by atoms with Crippen LogP contribution in [-0.2, 0) is 6.54 Å². The van der Waals surface area contributed by atoms with E-state index in [2.05, 4.69) is 11.1 Å². The minimum Gasteiger partial charge on any atom is -0.355 e. The van der Waals surface area contributed by atoms with E-state index in [1.165, 1.54) is 0 Å². The molecule has 0 spiro atoms. The predicted molar refractivity (Wildman–Crippen MR) is 72.5 cm³/mol. The summed E-state index contributed by atoms with van der Waals surface area (Å²) in [6.07, 6.45) is 0. The molecule has 0 bridgehead atoms. The number of aromatic nitrogens is 1. The third kappa shape index (κ3) is 2.99. The van der Waals surface area contributed by atoms with Crippen LogP contribution in [-0.4, -0.2) is 12.0 Å². The zero-order valence-corrected chi connectivity index (χ0v) is 10.7. The summed E-state index contributed by atoms with van der Waals surface area (Å²) in [4.78, 5) is 6.23. The third-order valence-electron chi connectivity index (χ3n) is 2.57. The van der Waals surface area contributed by atoms with Crippen LogP contribution in [0.25, 0.3) is 0 Å². The van der Waals surface area contributed by atoms with Gasteiger partial charge in [-0.3, -0.25) is 0 Å². The summed E-state index contributed by atoms with van der Waals surface area (Å²) in [6, 6.07) is 15.2. The molecule has 0 N–H and O–H groups in total. The maximum atomic E-state index is 8.86. The summed E-state index contributed by atoms with van der Waals surface area (Å²) >= 11 is 5.86. The minimum atomic E-state index is 0.477. The Morgan fingerprint density at radius 1 is 1.28 bits per heavy atom. The van der Waals surface area contributed by atoms with Gasteiger partial charge in [0.1, 0.15) is 11.0 Å². The Morgan fingerprint density at radius 2 is 2.06 bits per heavy atom. The SMILES string of the molecule is CN(Cc1cccc(C#N)c1)c1cccc(Cl)n1. The Hall–Kier alpha value is -2.05. The van der Waals surface area contributed by atoms with Crippen molar-refractivity contribution in [2.75, 3.05) is 11.9 Å². The van der Waals surface area contributed by atoms with Crippen molar-refractivity contribution < 1.29 is 0 Å². The molecule has 0 saturated heterocycles. The van der Waals surface area contributed by atoms with Crippen molar-refractivity contribution in [1.82, 2.24) is 4.98 Å². The molecular weight excluding hydrogens is 246 g/mol. The van der Waals surface area contributed by atoms with Gasteiger partial charge < -0.3 is 4.90 Å². The van der Waals surface area contributed by atoms with Crippen molar-refractivity contribution in [1.29, 1.82) is 5.26 Å². The second-order valence-corrected chi connectivity index (χ2v) is 4.37. The second kappa shape index (κ2) is 5.52. The van der Waals surface area contributed by atoms with Crippen molar-refractivity contribution in [3.63, 3.8) is 0 Å². The Balaban J connectivity index is 2.16. The molecule has 2 aromatic rings. The van der Waals surface area contributed by atoms with Crippen LogP contribution in [0.1, 0.15) is 11.1 Å². The highest BCUT2D eigenvalue weighted by Crippen LogP contribution is 2.16. The number of anilines is 1. The zero-order valence-electron chi connectivity index (χ0n) is 9.97. The fourth-order valence-electron chi connectivity index (χ4n) is 1.70. The lowest BCUT2D eigenvalue weighted by atomic mass is 10.1. The van der Waals surface area contributed by atoms with E-state index in [4.69, 9.17) is 16.9 Å². The van der Waals surface area contributed by atoms with Gasteiger partial charge in [0.2, 0.25) is 0 Å². The maximum absolute atomic E-state index is 8.86. The van der Waals surface area contributed by atoms with E-state index in [-0.39, 0.29) is 0 Å². The van der Waals surface area contributed by atoms with Crippen molar-refractivity contribution in [3.05, 3.63) is 58.7 Å². The van der Waals surface area contributed by atoms with Gasteiger partial charge in [0.05, 0.1) is 11.6 Å². The first-order valence-electron chi connectivity index (χ1n) is 5.52. The molecule has 0 unspecified atom stereocenters. The molecule has 0 radical (unpaired) electrons. The summed E-state index contributed by atoms with van der Waals surface area (Å²) in [6.45, 7) is 0.683. The molecule has 0 aliphatic heterocycles. The van der Waals surface area contributed by atoms with Gasteiger partial charge in [-0.1, -0.05) is 29.8 Å². The molecule has 3 nitrogen and oxygen atoms in total. The Morgan fingerprint density at radius 3 is 2.78 bits per heavy atom. The minimum absolute atomic E-state index is 0.477. The number of nitriles is 1. The third-order valence-corrected chi connectivity index (χ3v) is 2.78. The first kappa shape index (κ1) is 12.4. The van der Waals surface area contributed by atoms with Crippen molar-refractivity contribution >= 4 is 17.4 Å². The summed E-state index contributed by atoms with van der Waals surface area (Å²) in [5.74, 6) is 0.810. The largest absolute Gasteiger partial charge is 0.355 e. The fourth-order valence-corrected chi connectivity index (χ4v) is 1.86. The Labute approximate surface area is 111 Å². The molecular formula is C14H12ClN3. The Kier molecular flexibility index (Phi) is 3.81. The number of hydrogen-bond acceptors (Lipinski definition) is 3. The molecule has 18 heavy (non-hydrogen) atoms. The summed E-state index contributed by atoms with van der Waals surface area (Å²) < 4.78 is 0. The summed E-state index contributed by atoms with van der Waals surface area (Å²) in [5.41, 5.74) is 1.73. The molecule has 0 fully saturated rings. The predicted octanol–water partition coefficient (Wildman–Crippen LogP) is 3.24. The molecule has 0 atom stereocenters. The zero-order chi connectivity index (χ0) is 13.0. The van der Waals surface area contributed by atoms with Gasteiger partial charge in [-0.05, 0) is 29.8 Å². The lowest BCUT2D eigenvalue weighted by molar-refractivity contribution is 0.898. The van der Waals surface area contributed by atoms with Gasteiger partial charge >= 0.3 is 0 Å².